The Morgan fingerprint density at radius 1 is 1.04 bits per heavy atom. The fraction of sp³-hybridized carbons (Fsp3) is 0.278. The minimum absolute atomic E-state index is 0.165. The highest BCUT2D eigenvalue weighted by molar-refractivity contribution is 9.10. The third kappa shape index (κ3) is 6.97. The first kappa shape index (κ1) is 19.6. The number of benzene rings is 2. The molecule has 0 aromatic heterocycles. The molecule has 2 aromatic carbocycles. The molecule has 0 aliphatic rings. The van der Waals surface area contributed by atoms with Gasteiger partial charge in [-0.1, -0.05) is 58.4 Å². The van der Waals surface area contributed by atoms with Gasteiger partial charge >= 0.3 is 0 Å². The fourth-order valence-corrected chi connectivity index (χ4v) is 3.29. The van der Waals surface area contributed by atoms with Crippen LogP contribution in [0, 0.1) is 0 Å². The van der Waals surface area contributed by atoms with Crippen molar-refractivity contribution in [2.75, 3.05) is 19.3 Å². The molecule has 5 nitrogen and oxygen atoms in total. The van der Waals surface area contributed by atoms with Gasteiger partial charge in [0.2, 0.25) is 15.9 Å². The molecule has 0 saturated carbocycles. The third-order valence-corrected chi connectivity index (χ3v) is 5.36. The average Bonchev–Trinajstić information content (AvgIpc) is 2.56. The Morgan fingerprint density at radius 3 is 2.28 bits per heavy atom. The number of rotatable bonds is 8. The van der Waals surface area contributed by atoms with E-state index in [2.05, 4.69) is 21.2 Å². The van der Waals surface area contributed by atoms with Gasteiger partial charge in [-0.15, -0.1) is 0 Å². The standard InChI is InChI=1S/C18H21BrN2O3S/c1-25(23,24)21(13-16-7-9-17(19)10-8-16)14-18(22)20-12-11-15-5-3-2-4-6-15/h2-10H,11-14H2,1H3,(H,20,22). The summed E-state index contributed by atoms with van der Waals surface area (Å²) in [4.78, 5) is 12.1. The highest BCUT2D eigenvalue weighted by Crippen LogP contribution is 2.13. The lowest BCUT2D eigenvalue weighted by Gasteiger charge is -2.19. The molecule has 0 bridgehead atoms. The van der Waals surface area contributed by atoms with Gasteiger partial charge < -0.3 is 5.32 Å². The topological polar surface area (TPSA) is 66.5 Å². The number of nitrogens with one attached hydrogen (secondary N) is 1. The summed E-state index contributed by atoms with van der Waals surface area (Å²) >= 11 is 3.34. The molecule has 0 radical (unpaired) electrons. The summed E-state index contributed by atoms with van der Waals surface area (Å²) in [5, 5.41) is 2.78. The molecule has 2 rings (SSSR count). The molecule has 1 N–H and O–H groups in total. The van der Waals surface area contributed by atoms with Gasteiger partial charge in [0.05, 0.1) is 12.8 Å². The molecule has 0 spiro atoms. The molecule has 0 atom stereocenters. The molecule has 2 aromatic rings. The van der Waals surface area contributed by atoms with E-state index >= 15 is 0 Å². The van der Waals surface area contributed by atoms with Gasteiger partial charge in [-0.25, -0.2) is 8.42 Å². The van der Waals surface area contributed by atoms with Crippen molar-refractivity contribution in [2.45, 2.75) is 13.0 Å². The van der Waals surface area contributed by atoms with Crippen LogP contribution in [0.2, 0.25) is 0 Å². The fourth-order valence-electron chi connectivity index (χ4n) is 2.29. The molecule has 0 fully saturated rings. The van der Waals surface area contributed by atoms with E-state index in [4.69, 9.17) is 0 Å². The summed E-state index contributed by atoms with van der Waals surface area (Å²) < 4.78 is 26.0. The summed E-state index contributed by atoms with van der Waals surface area (Å²) in [5.41, 5.74) is 1.95. The number of carbonyl (C=O) groups is 1. The van der Waals surface area contributed by atoms with E-state index in [-0.39, 0.29) is 19.0 Å². The molecule has 134 valence electrons. The predicted molar refractivity (Wildman–Crippen MR) is 103 cm³/mol. The highest BCUT2D eigenvalue weighted by atomic mass is 79.9. The van der Waals surface area contributed by atoms with E-state index in [1.165, 1.54) is 4.31 Å². The van der Waals surface area contributed by atoms with Crippen molar-refractivity contribution in [3.8, 4) is 0 Å². The second kappa shape index (κ2) is 9.12. The van der Waals surface area contributed by atoms with Crippen LogP contribution in [-0.2, 0) is 27.8 Å². The Labute approximate surface area is 157 Å². The Balaban J connectivity index is 1.90. The zero-order valence-electron chi connectivity index (χ0n) is 14.0. The van der Waals surface area contributed by atoms with Crippen LogP contribution in [0.1, 0.15) is 11.1 Å². The summed E-state index contributed by atoms with van der Waals surface area (Å²) in [6.45, 7) is 0.445. The third-order valence-electron chi connectivity index (χ3n) is 3.64. The van der Waals surface area contributed by atoms with E-state index in [0.29, 0.717) is 13.0 Å². The molecule has 0 aliphatic carbocycles. The monoisotopic (exact) mass is 424 g/mol. The van der Waals surface area contributed by atoms with Crippen molar-refractivity contribution in [1.29, 1.82) is 0 Å². The van der Waals surface area contributed by atoms with E-state index in [1.807, 2.05) is 54.6 Å². The highest BCUT2D eigenvalue weighted by Gasteiger charge is 2.20. The van der Waals surface area contributed by atoms with Crippen molar-refractivity contribution in [1.82, 2.24) is 9.62 Å². The predicted octanol–water partition coefficient (Wildman–Crippen LogP) is 2.57. The lowest BCUT2D eigenvalue weighted by atomic mass is 10.1. The van der Waals surface area contributed by atoms with Crippen LogP contribution in [0.4, 0.5) is 0 Å². The second-order valence-electron chi connectivity index (χ2n) is 5.74. The Bertz CT molecular complexity index is 793. The smallest absolute Gasteiger partial charge is 0.235 e. The minimum atomic E-state index is -3.48. The summed E-state index contributed by atoms with van der Waals surface area (Å²) in [6, 6.07) is 17.2. The van der Waals surface area contributed by atoms with Crippen molar-refractivity contribution >= 4 is 31.9 Å². The molecule has 0 saturated heterocycles. The molecular formula is C18H21BrN2O3S. The summed E-state index contributed by atoms with van der Waals surface area (Å²) in [7, 11) is -3.48. The van der Waals surface area contributed by atoms with E-state index in [9.17, 15) is 13.2 Å². The van der Waals surface area contributed by atoms with Gasteiger partial charge in [-0.3, -0.25) is 4.79 Å². The molecule has 0 aliphatic heterocycles. The maximum atomic E-state index is 12.1. The molecule has 1 amide bonds. The first-order chi connectivity index (χ1) is 11.8. The Morgan fingerprint density at radius 2 is 1.68 bits per heavy atom. The maximum Gasteiger partial charge on any atom is 0.235 e. The van der Waals surface area contributed by atoms with Crippen LogP contribution in [0.15, 0.2) is 59.1 Å². The van der Waals surface area contributed by atoms with Crippen LogP contribution in [0.3, 0.4) is 0 Å². The van der Waals surface area contributed by atoms with E-state index in [1.54, 1.807) is 0 Å². The van der Waals surface area contributed by atoms with Crippen LogP contribution in [0.25, 0.3) is 0 Å². The van der Waals surface area contributed by atoms with Crippen LogP contribution in [-0.4, -0.2) is 38.0 Å². The number of nitrogens with zero attached hydrogens (tertiary/aromatic N) is 1. The molecular weight excluding hydrogens is 404 g/mol. The maximum absolute atomic E-state index is 12.1. The molecule has 25 heavy (non-hydrogen) atoms. The number of carbonyl (C=O) groups excluding carboxylic acids is 1. The second-order valence-corrected chi connectivity index (χ2v) is 8.64. The van der Waals surface area contributed by atoms with Crippen LogP contribution < -0.4 is 5.32 Å². The normalized spacial score (nSPS) is 11.5. The Kier molecular flexibility index (Phi) is 7.16. The number of hydrogen-bond donors (Lipinski definition) is 1. The van der Waals surface area contributed by atoms with Crippen molar-refractivity contribution < 1.29 is 13.2 Å². The van der Waals surface area contributed by atoms with Gasteiger partial charge in [0.15, 0.2) is 0 Å². The number of halogens is 1. The van der Waals surface area contributed by atoms with Crippen molar-refractivity contribution in [2.24, 2.45) is 0 Å². The number of amides is 1. The summed E-state index contributed by atoms with van der Waals surface area (Å²) in [5.74, 6) is -0.307. The van der Waals surface area contributed by atoms with E-state index in [0.717, 1.165) is 21.9 Å². The van der Waals surface area contributed by atoms with E-state index < -0.39 is 10.0 Å². The van der Waals surface area contributed by atoms with Crippen LogP contribution in [0.5, 0.6) is 0 Å². The zero-order chi connectivity index (χ0) is 18.3. The van der Waals surface area contributed by atoms with Gasteiger partial charge in [-0.2, -0.15) is 4.31 Å². The van der Waals surface area contributed by atoms with Crippen molar-refractivity contribution in [3.63, 3.8) is 0 Å². The number of hydrogen-bond acceptors (Lipinski definition) is 3. The van der Waals surface area contributed by atoms with Crippen molar-refractivity contribution in [3.05, 3.63) is 70.2 Å². The lowest BCUT2D eigenvalue weighted by Crippen LogP contribution is -2.40. The molecule has 0 heterocycles. The molecule has 7 heteroatoms. The Hall–Kier alpha value is -1.70. The summed E-state index contributed by atoms with van der Waals surface area (Å²) in [6.07, 6.45) is 1.82. The minimum Gasteiger partial charge on any atom is -0.355 e. The van der Waals surface area contributed by atoms with Gasteiger partial charge in [0.25, 0.3) is 0 Å². The van der Waals surface area contributed by atoms with Gasteiger partial charge in [0, 0.05) is 17.6 Å². The average molecular weight is 425 g/mol. The van der Waals surface area contributed by atoms with Crippen LogP contribution >= 0.6 is 15.9 Å². The first-order valence-corrected chi connectivity index (χ1v) is 10.5. The lowest BCUT2D eigenvalue weighted by molar-refractivity contribution is -0.121. The largest absolute Gasteiger partial charge is 0.355 e. The van der Waals surface area contributed by atoms with Gasteiger partial charge in [0.1, 0.15) is 0 Å². The quantitative estimate of drug-likeness (QED) is 0.707. The zero-order valence-corrected chi connectivity index (χ0v) is 16.4. The first-order valence-electron chi connectivity index (χ1n) is 7.85. The SMILES string of the molecule is CS(=O)(=O)N(CC(=O)NCCc1ccccc1)Cc1ccc(Br)cc1. The molecule has 0 unspecified atom stereocenters. The number of sulfonamides is 1. The van der Waals surface area contributed by atoms with Gasteiger partial charge in [-0.05, 0) is 29.7 Å².